The van der Waals surface area contributed by atoms with Crippen LogP contribution in [0.1, 0.15) is 35.9 Å². The Morgan fingerprint density at radius 2 is 1.94 bits per heavy atom. The van der Waals surface area contributed by atoms with Crippen LogP contribution in [0.25, 0.3) is 17.0 Å². The molecule has 0 bridgehead atoms. The monoisotopic (exact) mass is 432 g/mol. The minimum Gasteiger partial charge on any atom is -0.487 e. The topological polar surface area (TPSA) is 67.5 Å². The zero-order valence-corrected chi connectivity index (χ0v) is 17.2. The first-order valence-corrected chi connectivity index (χ1v) is 9.75. The lowest BCUT2D eigenvalue weighted by Crippen LogP contribution is -2.06. The van der Waals surface area contributed by atoms with Crippen molar-refractivity contribution in [1.29, 1.82) is 0 Å². The van der Waals surface area contributed by atoms with Crippen molar-refractivity contribution in [3.63, 3.8) is 0 Å². The zero-order chi connectivity index (χ0) is 22.4. The maximum Gasteiger partial charge on any atom is 0.416 e. The Morgan fingerprint density at radius 3 is 2.58 bits per heavy atom. The minimum absolute atomic E-state index is 0.156. The fourth-order valence-corrected chi connectivity index (χ4v) is 3.06. The average molecular weight is 432 g/mol. The third-order valence-corrected chi connectivity index (χ3v) is 4.75. The Hall–Kier alpha value is -3.10. The van der Waals surface area contributed by atoms with E-state index in [1.807, 2.05) is 37.3 Å². The molecule has 3 aromatic rings. The Morgan fingerprint density at radius 1 is 1.19 bits per heavy atom. The standard InChI is InChI=1S/C23H23F3N2O3/c1-3-16(11-12-27-29)18-5-4-6-20(13-18)30-14-21-15(2)31-22(28-21)17-7-9-19(10-8-17)23(24,25)26/h4-11,13,27,29H,3,12,14H2,1-2H3. The van der Waals surface area contributed by atoms with E-state index in [0.29, 0.717) is 29.3 Å². The van der Waals surface area contributed by atoms with E-state index in [-0.39, 0.29) is 12.5 Å². The molecule has 31 heavy (non-hydrogen) atoms. The van der Waals surface area contributed by atoms with Gasteiger partial charge < -0.3 is 14.4 Å². The first-order chi connectivity index (χ1) is 14.8. The van der Waals surface area contributed by atoms with Gasteiger partial charge in [0.2, 0.25) is 5.89 Å². The molecule has 0 aliphatic carbocycles. The molecule has 0 atom stereocenters. The third-order valence-electron chi connectivity index (χ3n) is 4.75. The van der Waals surface area contributed by atoms with Crippen LogP contribution in [0, 0.1) is 6.92 Å². The zero-order valence-electron chi connectivity index (χ0n) is 17.2. The van der Waals surface area contributed by atoms with Crippen molar-refractivity contribution >= 4 is 5.57 Å². The van der Waals surface area contributed by atoms with Crippen LogP contribution in [0.3, 0.4) is 0 Å². The number of oxazole rings is 1. The van der Waals surface area contributed by atoms with Crippen molar-refractivity contribution < 1.29 is 27.5 Å². The first-order valence-electron chi connectivity index (χ1n) is 9.75. The normalized spacial score (nSPS) is 12.3. The number of alkyl halides is 3. The maximum atomic E-state index is 12.7. The van der Waals surface area contributed by atoms with Crippen LogP contribution in [-0.2, 0) is 12.8 Å². The molecule has 0 saturated carbocycles. The van der Waals surface area contributed by atoms with Gasteiger partial charge >= 0.3 is 6.18 Å². The highest BCUT2D eigenvalue weighted by Gasteiger charge is 2.30. The van der Waals surface area contributed by atoms with Gasteiger partial charge in [0.15, 0.2) is 0 Å². The van der Waals surface area contributed by atoms with E-state index in [0.717, 1.165) is 29.7 Å². The van der Waals surface area contributed by atoms with Crippen molar-refractivity contribution in [3.8, 4) is 17.2 Å². The molecule has 5 nitrogen and oxygen atoms in total. The number of hydrogen-bond acceptors (Lipinski definition) is 5. The molecule has 8 heteroatoms. The molecule has 0 saturated heterocycles. The second kappa shape index (κ2) is 9.80. The summed E-state index contributed by atoms with van der Waals surface area (Å²) < 4.78 is 49.7. The Labute approximate surface area is 178 Å². The van der Waals surface area contributed by atoms with Crippen molar-refractivity contribution in [3.05, 3.63) is 77.2 Å². The second-order valence-corrected chi connectivity index (χ2v) is 6.86. The maximum absolute atomic E-state index is 12.7. The van der Waals surface area contributed by atoms with Crippen LogP contribution in [0.2, 0.25) is 0 Å². The largest absolute Gasteiger partial charge is 0.487 e. The highest BCUT2D eigenvalue weighted by molar-refractivity contribution is 5.66. The van der Waals surface area contributed by atoms with E-state index < -0.39 is 11.7 Å². The van der Waals surface area contributed by atoms with Crippen LogP contribution < -0.4 is 10.2 Å². The summed E-state index contributed by atoms with van der Waals surface area (Å²) in [6.45, 7) is 4.26. The lowest BCUT2D eigenvalue weighted by atomic mass is 10.0. The van der Waals surface area contributed by atoms with Gasteiger partial charge in [0.05, 0.1) is 5.56 Å². The molecule has 0 spiro atoms. The molecular weight excluding hydrogens is 409 g/mol. The highest BCUT2D eigenvalue weighted by Crippen LogP contribution is 2.31. The fraction of sp³-hybridized carbons (Fsp3) is 0.261. The van der Waals surface area contributed by atoms with Gasteiger partial charge in [-0.15, -0.1) is 0 Å². The summed E-state index contributed by atoms with van der Waals surface area (Å²) in [6.07, 6.45) is -1.69. The smallest absolute Gasteiger partial charge is 0.416 e. The molecule has 0 radical (unpaired) electrons. The number of halogens is 3. The number of allylic oxidation sites excluding steroid dienone is 1. The first kappa shape index (κ1) is 22.6. The van der Waals surface area contributed by atoms with Gasteiger partial charge in [-0.3, -0.25) is 0 Å². The summed E-state index contributed by atoms with van der Waals surface area (Å²) in [6, 6.07) is 12.2. The number of nitrogens with zero attached hydrogens (tertiary/aromatic N) is 1. The Balaban J connectivity index is 1.72. The van der Waals surface area contributed by atoms with Crippen LogP contribution in [0.15, 0.2) is 59.0 Å². The number of ether oxygens (including phenoxy) is 1. The van der Waals surface area contributed by atoms with Gasteiger partial charge in [0, 0.05) is 12.1 Å². The second-order valence-electron chi connectivity index (χ2n) is 6.86. The van der Waals surface area contributed by atoms with Crippen molar-refractivity contribution in [2.75, 3.05) is 6.54 Å². The quantitative estimate of drug-likeness (QED) is 0.426. The molecule has 0 fully saturated rings. The van der Waals surface area contributed by atoms with Gasteiger partial charge in [-0.25, -0.2) is 10.5 Å². The summed E-state index contributed by atoms with van der Waals surface area (Å²) in [5, 5.41) is 8.80. The molecule has 3 rings (SSSR count). The summed E-state index contributed by atoms with van der Waals surface area (Å²) in [5.41, 5.74) is 4.46. The van der Waals surface area contributed by atoms with E-state index in [1.54, 1.807) is 6.92 Å². The SMILES string of the molecule is CCC(=CCNO)c1cccc(OCc2nc(-c3ccc(C(F)(F)F)cc3)oc2C)c1. The molecule has 0 unspecified atom stereocenters. The van der Waals surface area contributed by atoms with E-state index in [2.05, 4.69) is 10.5 Å². The number of hydrogen-bond donors (Lipinski definition) is 2. The van der Waals surface area contributed by atoms with Crippen molar-refractivity contribution in [2.45, 2.75) is 33.1 Å². The number of rotatable bonds is 8. The molecule has 0 aliphatic heterocycles. The minimum atomic E-state index is -4.39. The third kappa shape index (κ3) is 5.74. The lowest BCUT2D eigenvalue weighted by molar-refractivity contribution is -0.137. The number of nitrogens with one attached hydrogen (secondary N) is 1. The van der Waals surface area contributed by atoms with E-state index in [9.17, 15) is 13.2 Å². The van der Waals surface area contributed by atoms with E-state index in [4.69, 9.17) is 14.4 Å². The van der Waals surface area contributed by atoms with Crippen molar-refractivity contribution in [2.24, 2.45) is 0 Å². The molecule has 2 aromatic carbocycles. The summed E-state index contributed by atoms with van der Waals surface area (Å²) in [4.78, 5) is 4.38. The van der Waals surface area contributed by atoms with Gasteiger partial charge in [-0.2, -0.15) is 13.2 Å². The number of benzene rings is 2. The van der Waals surface area contributed by atoms with Crippen LogP contribution in [-0.4, -0.2) is 16.7 Å². The Kier molecular flexibility index (Phi) is 7.14. The number of aryl methyl sites for hydroxylation is 1. The average Bonchev–Trinajstić information content (AvgIpc) is 3.13. The molecule has 2 N–H and O–H groups in total. The van der Waals surface area contributed by atoms with Gasteiger partial charge in [-0.1, -0.05) is 25.1 Å². The number of aromatic nitrogens is 1. The molecule has 0 aliphatic rings. The van der Waals surface area contributed by atoms with Gasteiger partial charge in [0.1, 0.15) is 23.8 Å². The predicted octanol–water partition coefficient (Wildman–Crippen LogP) is 6.02. The summed E-state index contributed by atoms with van der Waals surface area (Å²) in [5.74, 6) is 1.42. The summed E-state index contributed by atoms with van der Waals surface area (Å²) >= 11 is 0. The van der Waals surface area contributed by atoms with Crippen LogP contribution in [0.5, 0.6) is 5.75 Å². The molecule has 1 heterocycles. The Bertz CT molecular complexity index is 1040. The molecule has 164 valence electrons. The number of hydroxylamine groups is 1. The van der Waals surface area contributed by atoms with Crippen molar-refractivity contribution in [1.82, 2.24) is 10.5 Å². The van der Waals surface area contributed by atoms with Gasteiger partial charge in [0.25, 0.3) is 0 Å². The fourth-order valence-electron chi connectivity index (χ4n) is 3.06. The lowest BCUT2D eigenvalue weighted by Gasteiger charge is -2.09. The van der Waals surface area contributed by atoms with E-state index >= 15 is 0 Å². The van der Waals surface area contributed by atoms with Crippen LogP contribution >= 0.6 is 0 Å². The predicted molar refractivity (Wildman–Crippen MR) is 111 cm³/mol. The van der Waals surface area contributed by atoms with Crippen LogP contribution in [0.4, 0.5) is 13.2 Å². The molecule has 0 amide bonds. The summed E-state index contributed by atoms with van der Waals surface area (Å²) in [7, 11) is 0. The highest BCUT2D eigenvalue weighted by atomic mass is 19.4. The molecular formula is C23H23F3N2O3. The van der Waals surface area contributed by atoms with E-state index in [1.165, 1.54) is 12.1 Å². The van der Waals surface area contributed by atoms with Gasteiger partial charge in [-0.05, 0) is 60.9 Å². The molecule has 1 aromatic heterocycles.